The van der Waals surface area contributed by atoms with Gasteiger partial charge in [0.15, 0.2) is 0 Å². The van der Waals surface area contributed by atoms with E-state index in [4.69, 9.17) is 4.42 Å². The molecule has 0 unspecified atom stereocenters. The lowest BCUT2D eigenvalue weighted by atomic mass is 9.93. The molecule has 0 atom stereocenters. The van der Waals surface area contributed by atoms with Crippen molar-refractivity contribution in [3.05, 3.63) is 17.3 Å². The highest BCUT2D eigenvalue weighted by molar-refractivity contribution is 6.06. The number of rotatable bonds is 4. The molecule has 2 heterocycles. The minimum absolute atomic E-state index is 0.0844. The zero-order chi connectivity index (χ0) is 14.2. The predicted molar refractivity (Wildman–Crippen MR) is 68.4 cm³/mol. The number of aryl methyl sites for hydroxylation is 2. The fourth-order valence-electron chi connectivity index (χ4n) is 2.29. The molecular formula is C13H19N3O3. The van der Waals surface area contributed by atoms with Crippen LogP contribution >= 0.6 is 0 Å². The average Bonchev–Trinajstić information content (AvgIpc) is 2.82. The van der Waals surface area contributed by atoms with Crippen molar-refractivity contribution in [1.82, 2.24) is 15.2 Å². The van der Waals surface area contributed by atoms with E-state index in [1.54, 1.807) is 6.92 Å². The number of nitrogens with one attached hydrogen (secondary N) is 1. The van der Waals surface area contributed by atoms with Crippen molar-refractivity contribution in [1.29, 1.82) is 0 Å². The van der Waals surface area contributed by atoms with Crippen molar-refractivity contribution >= 4 is 11.9 Å². The molecule has 104 valence electrons. The Bertz CT molecular complexity index is 498. The highest BCUT2D eigenvalue weighted by atomic mass is 16.4. The van der Waals surface area contributed by atoms with E-state index in [1.165, 1.54) is 4.90 Å². The molecule has 3 amide bonds. The first-order chi connectivity index (χ1) is 8.93. The lowest BCUT2D eigenvalue weighted by molar-refractivity contribution is -0.132. The zero-order valence-electron chi connectivity index (χ0n) is 11.7. The van der Waals surface area contributed by atoms with E-state index < -0.39 is 5.54 Å². The monoisotopic (exact) mass is 265 g/mol. The van der Waals surface area contributed by atoms with Crippen molar-refractivity contribution < 1.29 is 14.0 Å². The van der Waals surface area contributed by atoms with Gasteiger partial charge in [0.1, 0.15) is 17.8 Å². The molecule has 0 bridgehead atoms. The van der Waals surface area contributed by atoms with Gasteiger partial charge in [-0.3, -0.25) is 9.69 Å². The number of amides is 3. The molecule has 1 fully saturated rings. The van der Waals surface area contributed by atoms with Crippen molar-refractivity contribution in [3.8, 4) is 0 Å². The van der Waals surface area contributed by atoms with Crippen LogP contribution in [0, 0.1) is 13.8 Å². The summed E-state index contributed by atoms with van der Waals surface area (Å²) in [6.07, 6.45) is 1.16. The van der Waals surface area contributed by atoms with Crippen LogP contribution in [0.25, 0.3) is 0 Å². The van der Waals surface area contributed by atoms with E-state index in [9.17, 15) is 9.59 Å². The predicted octanol–water partition coefficient (Wildman–Crippen LogP) is 1.90. The van der Waals surface area contributed by atoms with E-state index in [0.29, 0.717) is 24.5 Å². The number of urea groups is 1. The number of carbonyl (C=O) groups excluding carboxylic acids is 2. The van der Waals surface area contributed by atoms with Gasteiger partial charge in [-0.05, 0) is 26.7 Å². The summed E-state index contributed by atoms with van der Waals surface area (Å²) in [4.78, 5) is 29.7. The second-order valence-corrected chi connectivity index (χ2v) is 4.86. The number of carbonyl (C=O) groups is 2. The standard InChI is InChI=1S/C13H19N3O3/c1-5-13(6-2)11(17)16(12(18)15-13)7-10-14-8(3)9(4)19-10/h5-7H2,1-4H3,(H,15,18). The lowest BCUT2D eigenvalue weighted by Crippen LogP contribution is -2.45. The molecule has 0 spiro atoms. The maximum atomic E-state index is 12.4. The number of aromatic nitrogens is 1. The third kappa shape index (κ3) is 2.11. The Kier molecular flexibility index (Phi) is 3.34. The van der Waals surface area contributed by atoms with Crippen molar-refractivity contribution in [2.24, 2.45) is 0 Å². The van der Waals surface area contributed by atoms with E-state index >= 15 is 0 Å². The zero-order valence-corrected chi connectivity index (χ0v) is 11.7. The average molecular weight is 265 g/mol. The highest BCUT2D eigenvalue weighted by Crippen LogP contribution is 2.26. The van der Waals surface area contributed by atoms with Crippen molar-refractivity contribution in [3.63, 3.8) is 0 Å². The number of imide groups is 1. The Hall–Kier alpha value is -1.85. The van der Waals surface area contributed by atoms with Crippen LogP contribution in [-0.2, 0) is 11.3 Å². The Balaban J connectivity index is 2.21. The third-order valence-corrected chi connectivity index (χ3v) is 3.82. The quantitative estimate of drug-likeness (QED) is 0.844. The summed E-state index contributed by atoms with van der Waals surface area (Å²) in [5.74, 6) is 0.900. The van der Waals surface area contributed by atoms with Crippen LogP contribution in [-0.4, -0.2) is 27.4 Å². The molecular weight excluding hydrogens is 246 g/mol. The maximum Gasteiger partial charge on any atom is 0.325 e. The van der Waals surface area contributed by atoms with Crippen LogP contribution in [0.3, 0.4) is 0 Å². The van der Waals surface area contributed by atoms with Crippen molar-refractivity contribution in [2.75, 3.05) is 0 Å². The van der Waals surface area contributed by atoms with Gasteiger partial charge in [0.2, 0.25) is 5.89 Å². The summed E-state index contributed by atoms with van der Waals surface area (Å²) in [5, 5.41) is 2.78. The molecule has 0 aliphatic carbocycles. The molecule has 6 heteroatoms. The van der Waals surface area contributed by atoms with E-state index in [-0.39, 0.29) is 18.5 Å². The molecule has 6 nitrogen and oxygen atoms in total. The summed E-state index contributed by atoms with van der Waals surface area (Å²) < 4.78 is 5.42. The minimum atomic E-state index is -0.770. The summed E-state index contributed by atoms with van der Waals surface area (Å²) in [5.41, 5.74) is 0.00706. The number of oxazole rings is 1. The van der Waals surface area contributed by atoms with E-state index in [2.05, 4.69) is 10.3 Å². The third-order valence-electron chi connectivity index (χ3n) is 3.82. The second-order valence-electron chi connectivity index (χ2n) is 4.86. The van der Waals surface area contributed by atoms with Crippen LogP contribution < -0.4 is 5.32 Å². The molecule has 0 aromatic carbocycles. The molecule has 1 N–H and O–H groups in total. The van der Waals surface area contributed by atoms with E-state index in [0.717, 1.165) is 5.69 Å². The molecule has 0 saturated carbocycles. The topological polar surface area (TPSA) is 75.4 Å². The van der Waals surface area contributed by atoms with Gasteiger partial charge >= 0.3 is 6.03 Å². The lowest BCUT2D eigenvalue weighted by Gasteiger charge is -2.22. The van der Waals surface area contributed by atoms with Crippen molar-refractivity contribution in [2.45, 2.75) is 52.6 Å². The smallest absolute Gasteiger partial charge is 0.325 e. The van der Waals surface area contributed by atoms with Crippen LogP contribution in [0.2, 0.25) is 0 Å². The summed E-state index contributed by atoms with van der Waals surface area (Å²) in [6.45, 7) is 7.51. The fraction of sp³-hybridized carbons (Fsp3) is 0.615. The van der Waals surface area contributed by atoms with Gasteiger partial charge in [-0.2, -0.15) is 0 Å². The van der Waals surface area contributed by atoms with Gasteiger partial charge in [-0.1, -0.05) is 13.8 Å². The molecule has 1 aromatic heterocycles. The summed E-state index contributed by atoms with van der Waals surface area (Å²) >= 11 is 0. The van der Waals surface area contributed by atoms with Gasteiger partial charge in [0.25, 0.3) is 5.91 Å². The van der Waals surface area contributed by atoms with Gasteiger partial charge in [-0.15, -0.1) is 0 Å². The largest absolute Gasteiger partial charge is 0.444 e. The molecule has 1 saturated heterocycles. The van der Waals surface area contributed by atoms with E-state index in [1.807, 2.05) is 20.8 Å². The van der Waals surface area contributed by atoms with Crippen LogP contribution in [0.4, 0.5) is 4.79 Å². The Morgan fingerprint density at radius 2 is 1.89 bits per heavy atom. The number of hydrogen-bond donors (Lipinski definition) is 1. The number of hydrogen-bond acceptors (Lipinski definition) is 4. The summed E-state index contributed by atoms with van der Waals surface area (Å²) in [7, 11) is 0. The fourth-order valence-corrected chi connectivity index (χ4v) is 2.29. The summed E-state index contributed by atoms with van der Waals surface area (Å²) in [6, 6.07) is -0.373. The first kappa shape index (κ1) is 13.6. The highest BCUT2D eigenvalue weighted by Gasteiger charge is 2.48. The first-order valence-corrected chi connectivity index (χ1v) is 6.50. The molecule has 0 radical (unpaired) electrons. The molecule has 2 rings (SSSR count). The Morgan fingerprint density at radius 3 is 2.32 bits per heavy atom. The molecule has 1 aromatic rings. The molecule has 1 aliphatic rings. The van der Waals surface area contributed by atoms with Gasteiger partial charge in [0, 0.05) is 0 Å². The van der Waals surface area contributed by atoms with Crippen LogP contribution in [0.1, 0.15) is 44.0 Å². The molecule has 1 aliphatic heterocycles. The van der Waals surface area contributed by atoms with Gasteiger partial charge in [0.05, 0.1) is 5.69 Å². The van der Waals surface area contributed by atoms with Gasteiger partial charge in [-0.25, -0.2) is 9.78 Å². The SMILES string of the molecule is CCC1(CC)NC(=O)N(Cc2nc(C)c(C)o2)C1=O. The molecule has 19 heavy (non-hydrogen) atoms. The first-order valence-electron chi connectivity index (χ1n) is 6.50. The minimum Gasteiger partial charge on any atom is -0.444 e. The Labute approximate surface area is 112 Å². The van der Waals surface area contributed by atoms with Crippen LogP contribution in [0.15, 0.2) is 4.42 Å². The van der Waals surface area contributed by atoms with Gasteiger partial charge < -0.3 is 9.73 Å². The second kappa shape index (κ2) is 4.68. The Morgan fingerprint density at radius 1 is 1.26 bits per heavy atom. The maximum absolute atomic E-state index is 12.4. The normalized spacial score (nSPS) is 18.0. The number of nitrogens with zero attached hydrogens (tertiary/aromatic N) is 2. The van der Waals surface area contributed by atoms with Crippen LogP contribution in [0.5, 0.6) is 0 Å².